The molecule has 6 nitrogen and oxygen atoms in total. The lowest BCUT2D eigenvalue weighted by Crippen LogP contribution is -2.21. The summed E-state index contributed by atoms with van der Waals surface area (Å²) in [7, 11) is 1.56. The maximum Gasteiger partial charge on any atom is 0.251 e. The molecule has 0 radical (unpaired) electrons. The molecule has 2 aromatic carbocycles. The monoisotopic (exact) mass is 385 g/mol. The zero-order valence-electron chi connectivity index (χ0n) is 15.6. The molecule has 2 rings (SSSR count). The molecule has 0 fully saturated rings. The Kier molecular flexibility index (Phi) is 7.43. The Labute approximate surface area is 163 Å². The van der Waals surface area contributed by atoms with Crippen LogP contribution in [0.1, 0.15) is 21.5 Å². The number of hydrogen-bond acceptors (Lipinski definition) is 4. The van der Waals surface area contributed by atoms with E-state index in [4.69, 9.17) is 0 Å². The summed E-state index contributed by atoms with van der Waals surface area (Å²) in [5, 5.41) is 8.17. The third kappa shape index (κ3) is 6.14. The predicted molar refractivity (Wildman–Crippen MR) is 110 cm³/mol. The molecule has 0 aliphatic carbocycles. The summed E-state index contributed by atoms with van der Waals surface area (Å²) in [5.41, 5.74) is 3.61. The third-order valence-corrected chi connectivity index (χ3v) is 4.78. The van der Waals surface area contributed by atoms with E-state index in [0.717, 1.165) is 11.3 Å². The van der Waals surface area contributed by atoms with Crippen LogP contribution in [0.15, 0.2) is 42.5 Å². The van der Waals surface area contributed by atoms with Crippen molar-refractivity contribution in [1.29, 1.82) is 0 Å². The van der Waals surface area contributed by atoms with E-state index in [0.29, 0.717) is 16.8 Å². The van der Waals surface area contributed by atoms with Crippen molar-refractivity contribution < 1.29 is 14.4 Å². The molecule has 7 heteroatoms. The predicted octanol–water partition coefficient (Wildman–Crippen LogP) is 2.97. The van der Waals surface area contributed by atoms with Crippen molar-refractivity contribution in [2.24, 2.45) is 0 Å². The highest BCUT2D eigenvalue weighted by Gasteiger charge is 2.12. The Balaban J connectivity index is 1.83. The molecule has 0 spiro atoms. The molecule has 0 aliphatic heterocycles. The molecule has 2 aromatic rings. The number of nitrogens with one attached hydrogen (secondary N) is 3. The van der Waals surface area contributed by atoms with Gasteiger partial charge >= 0.3 is 0 Å². The second-order valence-corrected chi connectivity index (χ2v) is 7.00. The van der Waals surface area contributed by atoms with Gasteiger partial charge in [-0.05, 0) is 49.2 Å². The second-order valence-electron chi connectivity index (χ2n) is 6.02. The second kappa shape index (κ2) is 9.78. The number of hydrogen-bond donors (Lipinski definition) is 3. The first-order valence-electron chi connectivity index (χ1n) is 8.46. The van der Waals surface area contributed by atoms with E-state index in [1.54, 1.807) is 32.2 Å². The summed E-state index contributed by atoms with van der Waals surface area (Å²) < 4.78 is 0. The van der Waals surface area contributed by atoms with Gasteiger partial charge in [0.2, 0.25) is 11.8 Å². The minimum atomic E-state index is -0.222. The quantitative estimate of drug-likeness (QED) is 0.684. The van der Waals surface area contributed by atoms with Gasteiger partial charge in [0.25, 0.3) is 5.91 Å². The van der Waals surface area contributed by atoms with Crippen LogP contribution in [-0.2, 0) is 9.59 Å². The fourth-order valence-corrected chi connectivity index (χ4v) is 3.11. The van der Waals surface area contributed by atoms with Crippen LogP contribution >= 0.6 is 11.8 Å². The Hall–Kier alpha value is -2.80. The van der Waals surface area contributed by atoms with E-state index in [2.05, 4.69) is 16.0 Å². The average Bonchev–Trinajstić information content (AvgIpc) is 2.63. The number of amides is 3. The molecule has 142 valence electrons. The molecule has 3 amide bonds. The highest BCUT2D eigenvalue weighted by Crippen LogP contribution is 2.19. The van der Waals surface area contributed by atoms with Gasteiger partial charge in [0.1, 0.15) is 0 Å². The van der Waals surface area contributed by atoms with Gasteiger partial charge < -0.3 is 16.0 Å². The highest BCUT2D eigenvalue weighted by atomic mass is 32.2. The average molecular weight is 385 g/mol. The van der Waals surface area contributed by atoms with Gasteiger partial charge in [-0.15, -0.1) is 11.8 Å². The van der Waals surface area contributed by atoms with Crippen molar-refractivity contribution in [3.8, 4) is 0 Å². The van der Waals surface area contributed by atoms with Gasteiger partial charge in [-0.3, -0.25) is 14.4 Å². The molecule has 0 saturated heterocycles. The first kappa shape index (κ1) is 20.5. The zero-order valence-corrected chi connectivity index (χ0v) is 16.4. The molecule has 0 aliphatic rings. The van der Waals surface area contributed by atoms with E-state index in [1.807, 2.05) is 31.2 Å². The van der Waals surface area contributed by atoms with Crippen LogP contribution in [0, 0.1) is 13.8 Å². The van der Waals surface area contributed by atoms with Gasteiger partial charge in [-0.2, -0.15) is 0 Å². The van der Waals surface area contributed by atoms with Crippen molar-refractivity contribution >= 4 is 40.9 Å². The van der Waals surface area contributed by atoms with E-state index in [-0.39, 0.29) is 29.2 Å². The van der Waals surface area contributed by atoms with Crippen molar-refractivity contribution in [2.45, 2.75) is 13.8 Å². The Morgan fingerprint density at radius 2 is 1.59 bits per heavy atom. The smallest absolute Gasteiger partial charge is 0.251 e. The minimum Gasteiger partial charge on any atom is -0.355 e. The fourth-order valence-electron chi connectivity index (χ4n) is 2.49. The van der Waals surface area contributed by atoms with Crippen LogP contribution < -0.4 is 16.0 Å². The summed E-state index contributed by atoms with van der Waals surface area (Å²) in [6, 6.07) is 12.7. The first-order valence-corrected chi connectivity index (χ1v) is 9.62. The van der Waals surface area contributed by atoms with Gasteiger partial charge in [-0.1, -0.05) is 18.2 Å². The molecule has 0 unspecified atom stereocenters. The van der Waals surface area contributed by atoms with Gasteiger partial charge in [0.05, 0.1) is 11.5 Å². The minimum absolute atomic E-state index is 0.144. The topological polar surface area (TPSA) is 87.3 Å². The summed E-state index contributed by atoms with van der Waals surface area (Å²) in [4.78, 5) is 35.9. The van der Waals surface area contributed by atoms with E-state index in [1.165, 1.54) is 11.8 Å². The molecule has 0 saturated carbocycles. The van der Waals surface area contributed by atoms with Gasteiger partial charge in [-0.25, -0.2) is 0 Å². The van der Waals surface area contributed by atoms with E-state index < -0.39 is 0 Å². The molecule has 0 atom stereocenters. The molecular weight excluding hydrogens is 362 g/mol. The molecule has 0 aromatic heterocycles. The molecule has 27 heavy (non-hydrogen) atoms. The Bertz CT molecular complexity index is 852. The first-order chi connectivity index (χ1) is 12.9. The van der Waals surface area contributed by atoms with E-state index in [9.17, 15) is 14.4 Å². The summed E-state index contributed by atoms with van der Waals surface area (Å²) in [6.45, 7) is 3.73. The van der Waals surface area contributed by atoms with Crippen LogP contribution in [0.4, 0.5) is 11.4 Å². The molecule has 0 heterocycles. The van der Waals surface area contributed by atoms with Crippen LogP contribution in [0.25, 0.3) is 0 Å². The molecule has 3 N–H and O–H groups in total. The Morgan fingerprint density at radius 1 is 0.926 bits per heavy atom. The summed E-state index contributed by atoms with van der Waals surface area (Å²) in [5.74, 6) is -0.258. The normalized spacial score (nSPS) is 10.2. The van der Waals surface area contributed by atoms with Crippen LogP contribution in [-0.4, -0.2) is 36.3 Å². The van der Waals surface area contributed by atoms with Gasteiger partial charge in [0.15, 0.2) is 0 Å². The summed E-state index contributed by atoms with van der Waals surface area (Å²) in [6.07, 6.45) is 0. The number of rotatable bonds is 7. The number of carbonyl (C=O) groups is 3. The van der Waals surface area contributed by atoms with Crippen molar-refractivity contribution in [2.75, 3.05) is 29.2 Å². The number of anilines is 2. The zero-order chi connectivity index (χ0) is 19.8. The lowest BCUT2D eigenvalue weighted by Gasteiger charge is -2.11. The third-order valence-electron chi connectivity index (χ3n) is 3.85. The maximum atomic E-state index is 12.1. The number of carbonyl (C=O) groups excluding carboxylic acids is 3. The molecular formula is C20H23N3O3S. The van der Waals surface area contributed by atoms with Crippen LogP contribution in [0.5, 0.6) is 0 Å². The lowest BCUT2D eigenvalue weighted by atomic mass is 10.1. The van der Waals surface area contributed by atoms with Crippen LogP contribution in [0.3, 0.4) is 0 Å². The Morgan fingerprint density at radius 3 is 2.26 bits per heavy atom. The van der Waals surface area contributed by atoms with Crippen molar-refractivity contribution in [3.05, 3.63) is 59.2 Å². The lowest BCUT2D eigenvalue weighted by molar-refractivity contribution is -0.114. The van der Waals surface area contributed by atoms with Gasteiger partial charge in [0, 0.05) is 24.0 Å². The maximum absolute atomic E-state index is 12.1. The largest absolute Gasteiger partial charge is 0.355 e. The molecule has 0 bridgehead atoms. The summed E-state index contributed by atoms with van der Waals surface area (Å²) >= 11 is 1.23. The van der Waals surface area contributed by atoms with Crippen molar-refractivity contribution in [3.63, 3.8) is 0 Å². The standard InChI is InChI=1S/C20H23N3O3S/c1-13-6-4-7-15(10-13)22-18(24)11-27-12-19(25)23-17-9-5-8-16(14(17)2)20(26)21-3/h4-10H,11-12H2,1-3H3,(H,21,26)(H,22,24)(H,23,25). The number of benzene rings is 2. The highest BCUT2D eigenvalue weighted by molar-refractivity contribution is 8.00. The van der Waals surface area contributed by atoms with Crippen molar-refractivity contribution in [1.82, 2.24) is 5.32 Å². The SMILES string of the molecule is CNC(=O)c1cccc(NC(=O)CSCC(=O)Nc2cccc(C)c2)c1C. The number of aryl methyl sites for hydroxylation is 1. The number of thioether (sulfide) groups is 1. The van der Waals surface area contributed by atoms with E-state index >= 15 is 0 Å². The van der Waals surface area contributed by atoms with Crippen LogP contribution in [0.2, 0.25) is 0 Å². The fraction of sp³-hybridized carbons (Fsp3) is 0.250.